The summed E-state index contributed by atoms with van der Waals surface area (Å²) in [6, 6.07) is 8.28. The summed E-state index contributed by atoms with van der Waals surface area (Å²) < 4.78 is 11.3. The number of aliphatic imine (C=N–C) groups is 1. The van der Waals surface area contributed by atoms with Gasteiger partial charge in [-0.25, -0.2) is 0 Å². The number of nitrogens with one attached hydrogen (secondary N) is 1. The second-order valence-electron chi connectivity index (χ2n) is 6.63. The van der Waals surface area contributed by atoms with E-state index in [4.69, 9.17) is 9.47 Å². The molecular weight excluding hydrogens is 455 g/mol. The van der Waals surface area contributed by atoms with Crippen LogP contribution in [0.1, 0.15) is 25.3 Å². The van der Waals surface area contributed by atoms with Crippen LogP contribution in [0.5, 0.6) is 5.75 Å². The summed E-state index contributed by atoms with van der Waals surface area (Å²) in [7, 11) is 3.91. The lowest BCUT2D eigenvalue weighted by atomic mass is 10.2. The van der Waals surface area contributed by atoms with Gasteiger partial charge in [0.2, 0.25) is 0 Å². The molecule has 1 aliphatic rings. The van der Waals surface area contributed by atoms with Crippen molar-refractivity contribution >= 4 is 29.9 Å². The number of rotatable bonds is 9. The second-order valence-corrected chi connectivity index (χ2v) is 6.63. The van der Waals surface area contributed by atoms with Crippen LogP contribution in [-0.4, -0.2) is 75.9 Å². The summed E-state index contributed by atoms with van der Waals surface area (Å²) in [6.45, 7) is 9.26. The van der Waals surface area contributed by atoms with Gasteiger partial charge >= 0.3 is 0 Å². The molecule has 7 heteroatoms. The minimum Gasteiger partial charge on any atom is -0.492 e. The molecule has 1 heterocycles. The average Bonchev–Trinajstić information content (AvgIpc) is 2.68. The summed E-state index contributed by atoms with van der Waals surface area (Å²) in [5.74, 6) is 1.85. The molecule has 1 aliphatic heterocycles. The van der Waals surface area contributed by atoms with Crippen LogP contribution in [0.4, 0.5) is 0 Å². The lowest BCUT2D eigenvalue weighted by molar-refractivity contribution is 0.0322. The molecule has 27 heavy (non-hydrogen) atoms. The van der Waals surface area contributed by atoms with E-state index in [1.54, 1.807) is 0 Å². The van der Waals surface area contributed by atoms with E-state index in [0.717, 1.165) is 57.6 Å². The van der Waals surface area contributed by atoms with Gasteiger partial charge in [-0.15, -0.1) is 24.0 Å². The van der Waals surface area contributed by atoms with Gasteiger partial charge in [-0.3, -0.25) is 9.89 Å². The van der Waals surface area contributed by atoms with E-state index < -0.39 is 0 Å². The van der Waals surface area contributed by atoms with Crippen LogP contribution in [0, 0.1) is 0 Å². The molecule has 6 nitrogen and oxygen atoms in total. The molecule has 1 fully saturated rings. The van der Waals surface area contributed by atoms with Gasteiger partial charge in [-0.1, -0.05) is 25.5 Å². The molecule has 1 aromatic carbocycles. The number of hydrogen-bond donors (Lipinski definition) is 1. The highest BCUT2D eigenvalue weighted by atomic mass is 127. The fourth-order valence-corrected chi connectivity index (χ4v) is 2.93. The minimum atomic E-state index is 0. The van der Waals surface area contributed by atoms with Crippen LogP contribution in [0.15, 0.2) is 29.3 Å². The summed E-state index contributed by atoms with van der Waals surface area (Å²) in [5, 5.41) is 3.43. The maximum atomic E-state index is 5.93. The first-order valence-electron chi connectivity index (χ1n) is 9.66. The number of nitrogens with zero attached hydrogens (tertiary/aromatic N) is 3. The molecule has 1 saturated heterocycles. The number of morpholine rings is 1. The fourth-order valence-electron chi connectivity index (χ4n) is 2.93. The first kappa shape index (κ1) is 24.0. The van der Waals surface area contributed by atoms with Crippen molar-refractivity contribution in [1.82, 2.24) is 15.1 Å². The predicted octanol–water partition coefficient (Wildman–Crippen LogP) is 2.82. The molecule has 0 saturated carbocycles. The van der Waals surface area contributed by atoms with E-state index in [2.05, 4.69) is 46.2 Å². The zero-order valence-electron chi connectivity index (χ0n) is 16.9. The number of ether oxygens (including phenoxy) is 2. The monoisotopic (exact) mass is 490 g/mol. The van der Waals surface area contributed by atoms with Crippen molar-refractivity contribution < 1.29 is 9.47 Å². The predicted molar refractivity (Wildman–Crippen MR) is 122 cm³/mol. The van der Waals surface area contributed by atoms with Gasteiger partial charge in [0.1, 0.15) is 12.4 Å². The Morgan fingerprint density at radius 2 is 2.11 bits per heavy atom. The number of halogens is 1. The quantitative estimate of drug-likeness (QED) is 0.328. The zero-order valence-corrected chi connectivity index (χ0v) is 19.3. The van der Waals surface area contributed by atoms with Gasteiger partial charge in [0.05, 0.1) is 13.2 Å². The Kier molecular flexibility index (Phi) is 12.4. The van der Waals surface area contributed by atoms with E-state index >= 15 is 0 Å². The van der Waals surface area contributed by atoms with Crippen molar-refractivity contribution in [3.63, 3.8) is 0 Å². The third-order valence-electron chi connectivity index (χ3n) is 4.55. The molecule has 0 amide bonds. The van der Waals surface area contributed by atoms with Crippen molar-refractivity contribution in [1.29, 1.82) is 0 Å². The van der Waals surface area contributed by atoms with E-state index in [0.29, 0.717) is 6.61 Å². The number of unbranched alkanes of at least 4 members (excludes halogenated alkanes) is 1. The van der Waals surface area contributed by atoms with Crippen LogP contribution in [0.3, 0.4) is 0 Å². The van der Waals surface area contributed by atoms with Gasteiger partial charge in [0, 0.05) is 46.8 Å². The zero-order chi connectivity index (χ0) is 18.6. The van der Waals surface area contributed by atoms with Gasteiger partial charge < -0.3 is 19.7 Å². The summed E-state index contributed by atoms with van der Waals surface area (Å²) >= 11 is 0. The molecule has 154 valence electrons. The molecule has 0 bridgehead atoms. The van der Waals surface area contributed by atoms with Gasteiger partial charge in [-0.05, 0) is 24.1 Å². The highest BCUT2D eigenvalue weighted by Crippen LogP contribution is 2.13. The van der Waals surface area contributed by atoms with Gasteiger partial charge in [0.25, 0.3) is 0 Å². The fraction of sp³-hybridized carbons (Fsp3) is 0.650. The summed E-state index contributed by atoms with van der Waals surface area (Å²) in [4.78, 5) is 8.92. The number of guanidine groups is 1. The largest absolute Gasteiger partial charge is 0.492 e. The first-order chi connectivity index (χ1) is 12.7. The summed E-state index contributed by atoms with van der Waals surface area (Å²) in [5.41, 5.74) is 1.19. The molecule has 0 atom stereocenters. The number of hydrogen-bond acceptors (Lipinski definition) is 4. The Morgan fingerprint density at radius 1 is 1.33 bits per heavy atom. The smallest absolute Gasteiger partial charge is 0.193 e. The van der Waals surface area contributed by atoms with Gasteiger partial charge in [-0.2, -0.15) is 0 Å². The Labute approximate surface area is 181 Å². The van der Waals surface area contributed by atoms with E-state index in [9.17, 15) is 0 Å². The third-order valence-corrected chi connectivity index (χ3v) is 4.55. The SMILES string of the molecule is CCCCN(C)C(=NC)NCc1cccc(OCCN2CCOCC2)c1.I. The molecule has 0 spiro atoms. The lowest BCUT2D eigenvalue weighted by Gasteiger charge is -2.26. The third kappa shape index (κ3) is 9.12. The maximum absolute atomic E-state index is 5.93. The van der Waals surface area contributed by atoms with Crippen molar-refractivity contribution in [2.45, 2.75) is 26.3 Å². The molecule has 1 N–H and O–H groups in total. The van der Waals surface area contributed by atoms with Crippen LogP contribution in [-0.2, 0) is 11.3 Å². The molecule has 0 unspecified atom stereocenters. The summed E-state index contributed by atoms with van der Waals surface area (Å²) in [6.07, 6.45) is 2.36. The Morgan fingerprint density at radius 3 is 2.81 bits per heavy atom. The van der Waals surface area contributed by atoms with Crippen molar-refractivity contribution in [3.05, 3.63) is 29.8 Å². The van der Waals surface area contributed by atoms with Crippen molar-refractivity contribution in [2.24, 2.45) is 4.99 Å². The molecular formula is C20H35IN4O2. The van der Waals surface area contributed by atoms with E-state index in [1.807, 2.05) is 19.2 Å². The molecule has 0 aliphatic carbocycles. The molecule has 2 rings (SSSR count). The molecule has 0 aromatic heterocycles. The standard InChI is InChI=1S/C20H34N4O2.HI/c1-4-5-9-23(3)20(21-2)22-17-18-7-6-8-19(16-18)26-15-12-24-10-13-25-14-11-24;/h6-8,16H,4-5,9-15,17H2,1-3H3,(H,21,22);1H. The van der Waals surface area contributed by atoms with Gasteiger partial charge in [0.15, 0.2) is 5.96 Å². The van der Waals surface area contributed by atoms with Crippen molar-refractivity contribution in [2.75, 3.05) is 60.1 Å². The average molecular weight is 490 g/mol. The van der Waals surface area contributed by atoms with Crippen LogP contribution < -0.4 is 10.1 Å². The normalized spacial score (nSPS) is 15.1. The minimum absolute atomic E-state index is 0. The van der Waals surface area contributed by atoms with E-state index in [1.165, 1.54) is 18.4 Å². The first-order valence-corrected chi connectivity index (χ1v) is 9.66. The highest BCUT2D eigenvalue weighted by molar-refractivity contribution is 14.0. The second kappa shape index (κ2) is 14.0. The van der Waals surface area contributed by atoms with E-state index in [-0.39, 0.29) is 24.0 Å². The molecule has 0 radical (unpaired) electrons. The molecule has 1 aromatic rings. The Hall–Kier alpha value is -1.06. The van der Waals surface area contributed by atoms with Crippen LogP contribution >= 0.6 is 24.0 Å². The maximum Gasteiger partial charge on any atom is 0.193 e. The topological polar surface area (TPSA) is 49.3 Å². The van der Waals surface area contributed by atoms with Crippen molar-refractivity contribution in [3.8, 4) is 5.75 Å². The Bertz CT molecular complexity index is 551. The highest BCUT2D eigenvalue weighted by Gasteiger charge is 2.10. The van der Waals surface area contributed by atoms with Crippen LogP contribution in [0.25, 0.3) is 0 Å². The lowest BCUT2D eigenvalue weighted by Crippen LogP contribution is -2.39. The number of benzene rings is 1. The Balaban J connectivity index is 0.00000364. The van der Waals surface area contributed by atoms with Crippen LogP contribution in [0.2, 0.25) is 0 Å².